The van der Waals surface area contributed by atoms with Crippen LogP contribution in [0.2, 0.25) is 0 Å². The lowest BCUT2D eigenvalue weighted by atomic mass is 9.89. The number of carbonyl (C=O) groups is 2. The minimum atomic E-state index is -3.41. The summed E-state index contributed by atoms with van der Waals surface area (Å²) in [6.45, 7) is 1.75. The van der Waals surface area contributed by atoms with Crippen LogP contribution in [0.25, 0.3) is 0 Å². The van der Waals surface area contributed by atoms with Gasteiger partial charge in [-0.1, -0.05) is 25.3 Å². The Balaban J connectivity index is 1.57. The van der Waals surface area contributed by atoms with Crippen molar-refractivity contribution in [2.24, 2.45) is 11.8 Å². The van der Waals surface area contributed by atoms with E-state index in [0.29, 0.717) is 30.3 Å². The highest BCUT2D eigenvalue weighted by atomic mass is 32.2. The van der Waals surface area contributed by atoms with Gasteiger partial charge in [-0.25, -0.2) is 8.42 Å². The molecular formula is C21H31N3O4S. The van der Waals surface area contributed by atoms with Gasteiger partial charge >= 0.3 is 0 Å². The van der Waals surface area contributed by atoms with E-state index < -0.39 is 10.0 Å². The lowest BCUT2D eigenvalue weighted by Crippen LogP contribution is -2.46. The van der Waals surface area contributed by atoms with Crippen LogP contribution in [-0.2, 0) is 14.8 Å². The number of anilines is 1. The van der Waals surface area contributed by atoms with Crippen molar-refractivity contribution in [3.8, 4) is 0 Å². The van der Waals surface area contributed by atoms with Crippen molar-refractivity contribution < 1.29 is 18.0 Å². The third-order valence-corrected chi connectivity index (χ3v) is 6.39. The van der Waals surface area contributed by atoms with Crippen molar-refractivity contribution in [3.05, 3.63) is 29.8 Å². The summed E-state index contributed by atoms with van der Waals surface area (Å²) in [4.78, 5) is 27.2. The first-order chi connectivity index (χ1) is 13.8. The van der Waals surface area contributed by atoms with E-state index in [1.165, 1.54) is 38.2 Å². The molecule has 160 valence electrons. The standard InChI is InChI=1S/C21H31N3O4S/c1-29(27,28)23-19-11-5-9-17(13-19)21(26)24-12-6-10-18(15-24)20(25)22-14-16-7-3-2-4-8-16/h5,9,11,13,16,18,23H,2-4,6-8,10,12,14-15H2,1H3,(H,22,25)/t18-/m1/s1. The van der Waals surface area contributed by atoms with E-state index in [4.69, 9.17) is 0 Å². The highest BCUT2D eigenvalue weighted by molar-refractivity contribution is 7.92. The van der Waals surface area contributed by atoms with Crippen molar-refractivity contribution in [1.29, 1.82) is 0 Å². The van der Waals surface area contributed by atoms with Gasteiger partial charge in [0.1, 0.15) is 0 Å². The maximum Gasteiger partial charge on any atom is 0.253 e. The minimum Gasteiger partial charge on any atom is -0.356 e. The van der Waals surface area contributed by atoms with Crippen LogP contribution >= 0.6 is 0 Å². The van der Waals surface area contributed by atoms with Crippen LogP contribution in [0, 0.1) is 11.8 Å². The van der Waals surface area contributed by atoms with E-state index in [0.717, 1.165) is 25.6 Å². The van der Waals surface area contributed by atoms with Crippen LogP contribution in [0.3, 0.4) is 0 Å². The molecule has 0 bridgehead atoms. The molecule has 1 aromatic carbocycles. The molecular weight excluding hydrogens is 390 g/mol. The second-order valence-electron chi connectivity index (χ2n) is 8.29. The van der Waals surface area contributed by atoms with E-state index >= 15 is 0 Å². The number of piperidine rings is 1. The second kappa shape index (κ2) is 9.61. The van der Waals surface area contributed by atoms with Crippen molar-refractivity contribution >= 4 is 27.5 Å². The van der Waals surface area contributed by atoms with E-state index in [2.05, 4.69) is 10.0 Å². The van der Waals surface area contributed by atoms with Crippen LogP contribution in [0.1, 0.15) is 55.3 Å². The number of rotatable bonds is 6. The third-order valence-electron chi connectivity index (χ3n) is 5.78. The molecule has 1 aliphatic carbocycles. The van der Waals surface area contributed by atoms with Crippen molar-refractivity contribution in [2.45, 2.75) is 44.9 Å². The molecule has 0 radical (unpaired) electrons. The van der Waals surface area contributed by atoms with E-state index in [1.807, 2.05) is 0 Å². The van der Waals surface area contributed by atoms with Gasteiger partial charge in [0.15, 0.2) is 0 Å². The van der Waals surface area contributed by atoms with Gasteiger partial charge in [-0.05, 0) is 49.8 Å². The van der Waals surface area contributed by atoms with Gasteiger partial charge in [-0.15, -0.1) is 0 Å². The summed E-state index contributed by atoms with van der Waals surface area (Å²) in [7, 11) is -3.41. The number of carbonyl (C=O) groups excluding carboxylic acids is 2. The molecule has 1 atom stereocenters. The van der Waals surface area contributed by atoms with Gasteiger partial charge in [0, 0.05) is 30.9 Å². The molecule has 2 amide bonds. The summed E-state index contributed by atoms with van der Waals surface area (Å²) < 4.78 is 25.2. The molecule has 3 rings (SSSR count). The van der Waals surface area contributed by atoms with Crippen LogP contribution in [0.4, 0.5) is 5.69 Å². The highest BCUT2D eigenvalue weighted by Crippen LogP contribution is 2.24. The first kappa shape index (κ1) is 21.6. The fourth-order valence-electron chi connectivity index (χ4n) is 4.27. The zero-order chi connectivity index (χ0) is 20.9. The first-order valence-electron chi connectivity index (χ1n) is 10.5. The Morgan fingerprint density at radius 1 is 1.10 bits per heavy atom. The van der Waals surface area contributed by atoms with Gasteiger partial charge in [-0.3, -0.25) is 14.3 Å². The molecule has 29 heavy (non-hydrogen) atoms. The smallest absolute Gasteiger partial charge is 0.253 e. The number of hydrogen-bond donors (Lipinski definition) is 2. The summed E-state index contributed by atoms with van der Waals surface area (Å²) in [5.41, 5.74) is 0.777. The van der Waals surface area contributed by atoms with Gasteiger partial charge < -0.3 is 10.2 Å². The first-order valence-corrected chi connectivity index (χ1v) is 12.4. The molecule has 1 saturated carbocycles. The Kier molecular flexibility index (Phi) is 7.16. The summed E-state index contributed by atoms with van der Waals surface area (Å²) in [6, 6.07) is 6.47. The lowest BCUT2D eigenvalue weighted by Gasteiger charge is -2.32. The largest absolute Gasteiger partial charge is 0.356 e. The molecule has 7 nitrogen and oxygen atoms in total. The molecule has 1 aromatic rings. The number of benzene rings is 1. The van der Waals surface area contributed by atoms with Crippen LogP contribution in [0.15, 0.2) is 24.3 Å². The van der Waals surface area contributed by atoms with Crippen LogP contribution in [-0.4, -0.2) is 51.0 Å². The second-order valence-corrected chi connectivity index (χ2v) is 10.0. The van der Waals surface area contributed by atoms with Crippen molar-refractivity contribution in [1.82, 2.24) is 10.2 Å². The van der Waals surface area contributed by atoms with Gasteiger partial charge in [0.2, 0.25) is 15.9 Å². The monoisotopic (exact) mass is 421 g/mol. The number of nitrogens with one attached hydrogen (secondary N) is 2. The van der Waals surface area contributed by atoms with Gasteiger partial charge in [-0.2, -0.15) is 0 Å². The fourth-order valence-corrected chi connectivity index (χ4v) is 4.82. The van der Waals surface area contributed by atoms with Crippen molar-refractivity contribution in [2.75, 3.05) is 30.6 Å². The Hall–Kier alpha value is -2.09. The Labute approximate surface area is 173 Å². The molecule has 2 fully saturated rings. The predicted molar refractivity (Wildman–Crippen MR) is 113 cm³/mol. The normalized spacial score (nSPS) is 20.9. The number of hydrogen-bond acceptors (Lipinski definition) is 4. The molecule has 1 heterocycles. The van der Waals surface area contributed by atoms with Crippen LogP contribution < -0.4 is 10.0 Å². The van der Waals surface area contributed by atoms with Crippen molar-refractivity contribution in [3.63, 3.8) is 0 Å². The van der Waals surface area contributed by atoms with Gasteiger partial charge in [0.25, 0.3) is 5.91 Å². The summed E-state index contributed by atoms with van der Waals surface area (Å²) in [5, 5.41) is 3.10. The fraction of sp³-hybridized carbons (Fsp3) is 0.619. The summed E-state index contributed by atoms with van der Waals surface area (Å²) in [6.07, 6.45) is 8.82. The molecule has 2 aliphatic rings. The van der Waals surface area contributed by atoms with Gasteiger partial charge in [0.05, 0.1) is 12.2 Å². The topological polar surface area (TPSA) is 95.6 Å². The molecule has 8 heteroatoms. The van der Waals surface area contributed by atoms with E-state index in [9.17, 15) is 18.0 Å². The Bertz CT molecular complexity index is 834. The minimum absolute atomic E-state index is 0.0422. The predicted octanol–water partition coefficient (Wildman–Crippen LogP) is 2.61. The Morgan fingerprint density at radius 3 is 2.59 bits per heavy atom. The summed E-state index contributed by atoms with van der Waals surface area (Å²) >= 11 is 0. The number of likely N-dealkylation sites (tertiary alicyclic amines) is 1. The average Bonchev–Trinajstić information content (AvgIpc) is 2.71. The molecule has 0 aromatic heterocycles. The number of sulfonamides is 1. The lowest BCUT2D eigenvalue weighted by molar-refractivity contribution is -0.126. The molecule has 0 unspecified atom stereocenters. The highest BCUT2D eigenvalue weighted by Gasteiger charge is 2.29. The third kappa shape index (κ3) is 6.45. The maximum absolute atomic E-state index is 12.9. The van der Waals surface area contributed by atoms with E-state index in [-0.39, 0.29) is 17.7 Å². The zero-order valence-electron chi connectivity index (χ0n) is 17.0. The average molecular weight is 422 g/mol. The quantitative estimate of drug-likeness (QED) is 0.738. The Morgan fingerprint density at radius 2 is 1.86 bits per heavy atom. The maximum atomic E-state index is 12.9. The van der Waals surface area contributed by atoms with Crippen LogP contribution in [0.5, 0.6) is 0 Å². The van der Waals surface area contributed by atoms with E-state index in [1.54, 1.807) is 23.1 Å². The zero-order valence-corrected chi connectivity index (χ0v) is 17.8. The number of nitrogens with zero attached hydrogens (tertiary/aromatic N) is 1. The molecule has 1 saturated heterocycles. The number of amides is 2. The summed E-state index contributed by atoms with van der Waals surface area (Å²) in [5.74, 6) is 0.264. The molecule has 0 spiro atoms. The molecule has 1 aliphatic heterocycles. The SMILES string of the molecule is CS(=O)(=O)Nc1cccc(C(=O)N2CCC[C@@H](C(=O)NCC3CCCCC3)C2)c1. The molecule has 2 N–H and O–H groups in total.